The summed E-state index contributed by atoms with van der Waals surface area (Å²) in [5, 5.41) is 11.4. The third-order valence-corrected chi connectivity index (χ3v) is 7.04. The smallest absolute Gasteiger partial charge is 0.227 e. The number of aromatic nitrogens is 3. The molecule has 1 N–H and O–H groups in total. The lowest BCUT2D eigenvalue weighted by atomic mass is 9.99. The molecule has 172 valence electrons. The van der Waals surface area contributed by atoms with E-state index in [4.69, 9.17) is 31.0 Å². The number of aliphatic hydroxyl groups is 1. The zero-order chi connectivity index (χ0) is 23.7. The van der Waals surface area contributed by atoms with E-state index >= 15 is 0 Å². The zero-order valence-corrected chi connectivity index (χ0v) is 20.3. The summed E-state index contributed by atoms with van der Waals surface area (Å²) in [7, 11) is 1.64. The second kappa shape index (κ2) is 9.62. The summed E-state index contributed by atoms with van der Waals surface area (Å²) in [6.45, 7) is 1.79. The van der Waals surface area contributed by atoms with E-state index in [1.165, 1.54) is 0 Å². The van der Waals surface area contributed by atoms with Crippen LogP contribution in [0.3, 0.4) is 0 Å². The molecule has 0 atom stereocenters. The third-order valence-electron chi connectivity index (χ3n) is 5.70. The second-order valence-corrected chi connectivity index (χ2v) is 9.29. The van der Waals surface area contributed by atoms with Crippen molar-refractivity contribution in [2.75, 3.05) is 7.11 Å². The quantitative estimate of drug-likeness (QED) is 0.231. The number of thioether (sulfide) groups is 1. The van der Waals surface area contributed by atoms with Gasteiger partial charge in [-0.3, -0.25) is 4.98 Å². The van der Waals surface area contributed by atoms with Gasteiger partial charge < -0.3 is 14.6 Å². The van der Waals surface area contributed by atoms with Crippen molar-refractivity contribution in [1.29, 1.82) is 0 Å². The Morgan fingerprint density at radius 3 is 2.53 bits per heavy atom. The maximum absolute atomic E-state index is 9.86. The van der Waals surface area contributed by atoms with Gasteiger partial charge in [0.15, 0.2) is 11.6 Å². The number of hydrogen-bond acceptors (Lipinski definition) is 7. The summed E-state index contributed by atoms with van der Waals surface area (Å²) in [5.41, 5.74) is 5.35. The minimum Gasteiger partial charge on any atom is -0.497 e. The first-order valence-electron chi connectivity index (χ1n) is 10.7. The van der Waals surface area contributed by atoms with Crippen molar-refractivity contribution in [3.8, 4) is 28.8 Å². The molecule has 0 saturated heterocycles. The van der Waals surface area contributed by atoms with Crippen molar-refractivity contribution in [2.24, 2.45) is 0 Å². The first-order valence-corrected chi connectivity index (χ1v) is 12.1. The van der Waals surface area contributed by atoms with Gasteiger partial charge in [0.05, 0.1) is 25.0 Å². The molecule has 0 spiro atoms. The van der Waals surface area contributed by atoms with Crippen LogP contribution in [-0.4, -0.2) is 27.2 Å². The molecule has 1 aliphatic rings. The van der Waals surface area contributed by atoms with Crippen molar-refractivity contribution < 1.29 is 14.6 Å². The highest BCUT2D eigenvalue weighted by Gasteiger charge is 2.27. The molecule has 0 saturated carbocycles. The number of fused-ring (bicyclic) bond motifs is 2. The van der Waals surface area contributed by atoms with Gasteiger partial charge >= 0.3 is 0 Å². The van der Waals surface area contributed by atoms with Crippen molar-refractivity contribution in [3.05, 3.63) is 87.7 Å². The Hall–Kier alpha value is -3.13. The lowest BCUT2D eigenvalue weighted by Crippen LogP contribution is -2.13. The number of hydrogen-bond donors (Lipinski definition) is 1. The van der Waals surface area contributed by atoms with E-state index in [1.807, 2.05) is 55.5 Å². The first-order chi connectivity index (χ1) is 16.6. The molecule has 2 aromatic carbocycles. The summed E-state index contributed by atoms with van der Waals surface area (Å²) < 4.78 is 11.6. The molecule has 0 aliphatic carbocycles. The van der Waals surface area contributed by atoms with Gasteiger partial charge in [0.25, 0.3) is 0 Å². The van der Waals surface area contributed by atoms with Gasteiger partial charge in [-0.2, -0.15) is 4.98 Å². The number of halogens is 1. The summed E-state index contributed by atoms with van der Waals surface area (Å²) in [4.78, 5) is 14.1. The highest BCUT2D eigenvalue weighted by molar-refractivity contribution is 7.98. The molecule has 3 heterocycles. The van der Waals surface area contributed by atoms with E-state index in [1.54, 1.807) is 25.1 Å². The Bertz CT molecular complexity index is 1350. The number of benzene rings is 2. The van der Waals surface area contributed by atoms with Gasteiger partial charge in [0, 0.05) is 40.1 Å². The molecule has 2 aromatic heterocycles. The van der Waals surface area contributed by atoms with Crippen LogP contribution in [0.1, 0.15) is 27.9 Å². The van der Waals surface area contributed by atoms with Crippen LogP contribution in [0.5, 0.6) is 17.4 Å². The Labute approximate surface area is 207 Å². The molecular formula is C26H22ClN3O3S. The molecule has 6 nitrogen and oxygen atoms in total. The maximum atomic E-state index is 9.86. The van der Waals surface area contributed by atoms with Crippen LogP contribution in [0.2, 0.25) is 5.02 Å². The van der Waals surface area contributed by atoms with Crippen molar-refractivity contribution >= 4 is 23.4 Å². The molecular weight excluding hydrogens is 470 g/mol. The Morgan fingerprint density at radius 2 is 1.82 bits per heavy atom. The first kappa shape index (κ1) is 22.7. The SMILES string of the molecule is COc1ccc(-c2nc3c(c(SCc4ccc(Cl)cc4)n2)Cc2c(CO)cnc(C)c2O3)cc1. The van der Waals surface area contributed by atoms with Gasteiger partial charge in [-0.05, 0) is 48.9 Å². The van der Waals surface area contributed by atoms with Crippen molar-refractivity contribution in [2.45, 2.75) is 30.7 Å². The summed E-state index contributed by atoms with van der Waals surface area (Å²) in [6, 6.07) is 15.4. The number of rotatable bonds is 6. The van der Waals surface area contributed by atoms with Crippen LogP contribution in [0.25, 0.3) is 11.4 Å². The standard InChI is InChI=1S/C26H22ClN3O3S/c1-15-23-21(18(13-31)12-28-15)11-22-25(33-23)29-24(17-5-9-20(32-2)10-6-17)30-26(22)34-14-16-3-7-19(27)8-4-16/h3-10,12,31H,11,13-14H2,1-2H3. The van der Waals surface area contributed by atoms with Crippen LogP contribution in [0.15, 0.2) is 59.8 Å². The molecule has 5 rings (SSSR count). The number of ether oxygens (including phenoxy) is 2. The highest BCUT2D eigenvalue weighted by atomic mass is 35.5. The molecule has 0 bridgehead atoms. The molecule has 0 fully saturated rings. The predicted molar refractivity (Wildman–Crippen MR) is 133 cm³/mol. The number of nitrogens with zero attached hydrogens (tertiary/aromatic N) is 3. The number of methoxy groups -OCH3 is 1. The van der Waals surface area contributed by atoms with Crippen LogP contribution in [-0.2, 0) is 18.8 Å². The average Bonchev–Trinajstić information content (AvgIpc) is 2.87. The van der Waals surface area contributed by atoms with Gasteiger partial charge in [0.2, 0.25) is 5.88 Å². The molecule has 4 aromatic rings. The van der Waals surface area contributed by atoms with Gasteiger partial charge in [-0.1, -0.05) is 23.7 Å². The lowest BCUT2D eigenvalue weighted by molar-refractivity contribution is 0.278. The topological polar surface area (TPSA) is 77.4 Å². The number of pyridine rings is 1. The summed E-state index contributed by atoms with van der Waals surface area (Å²) in [5.74, 6) is 3.24. The van der Waals surface area contributed by atoms with E-state index < -0.39 is 0 Å². The normalized spacial score (nSPS) is 12.0. The van der Waals surface area contributed by atoms with Crippen molar-refractivity contribution in [3.63, 3.8) is 0 Å². The number of aryl methyl sites for hydroxylation is 1. The molecule has 0 unspecified atom stereocenters. The fourth-order valence-corrected chi connectivity index (χ4v) is 4.92. The van der Waals surface area contributed by atoms with E-state index in [2.05, 4.69) is 4.98 Å². The van der Waals surface area contributed by atoms with E-state index in [-0.39, 0.29) is 6.61 Å². The van der Waals surface area contributed by atoms with Crippen LogP contribution in [0.4, 0.5) is 0 Å². The van der Waals surface area contributed by atoms with Crippen molar-refractivity contribution in [1.82, 2.24) is 15.0 Å². The van der Waals surface area contributed by atoms with Crippen LogP contribution in [0, 0.1) is 6.92 Å². The minimum absolute atomic E-state index is 0.105. The van der Waals surface area contributed by atoms with Gasteiger partial charge in [0.1, 0.15) is 10.8 Å². The fraction of sp³-hybridized carbons (Fsp3) is 0.192. The highest BCUT2D eigenvalue weighted by Crippen LogP contribution is 2.43. The van der Waals surface area contributed by atoms with Gasteiger partial charge in [-0.15, -0.1) is 11.8 Å². The Balaban J connectivity index is 1.57. The lowest BCUT2D eigenvalue weighted by Gasteiger charge is -2.24. The molecule has 34 heavy (non-hydrogen) atoms. The Kier molecular flexibility index (Phi) is 6.41. The third kappa shape index (κ3) is 4.46. The van der Waals surface area contributed by atoms with E-state index in [0.29, 0.717) is 28.9 Å². The monoisotopic (exact) mass is 491 g/mol. The molecule has 0 amide bonds. The average molecular weight is 492 g/mol. The second-order valence-electron chi connectivity index (χ2n) is 7.89. The zero-order valence-electron chi connectivity index (χ0n) is 18.7. The minimum atomic E-state index is -0.105. The summed E-state index contributed by atoms with van der Waals surface area (Å²) in [6.07, 6.45) is 2.27. The van der Waals surface area contributed by atoms with E-state index in [0.717, 1.165) is 50.0 Å². The molecule has 1 aliphatic heterocycles. The van der Waals surface area contributed by atoms with E-state index in [9.17, 15) is 5.11 Å². The molecule has 8 heteroatoms. The fourth-order valence-electron chi connectivity index (χ4n) is 3.81. The number of aliphatic hydroxyl groups excluding tert-OH is 1. The predicted octanol–water partition coefficient (Wildman–Crippen LogP) is 5.99. The maximum Gasteiger partial charge on any atom is 0.227 e. The Morgan fingerprint density at radius 1 is 1.06 bits per heavy atom. The molecule has 0 radical (unpaired) electrons. The van der Waals surface area contributed by atoms with Gasteiger partial charge in [-0.25, -0.2) is 4.98 Å². The van der Waals surface area contributed by atoms with Crippen LogP contribution < -0.4 is 9.47 Å². The van der Waals surface area contributed by atoms with Crippen LogP contribution >= 0.6 is 23.4 Å². The summed E-state index contributed by atoms with van der Waals surface area (Å²) >= 11 is 7.67. The largest absolute Gasteiger partial charge is 0.497 e.